The molecule has 4 nitrogen and oxygen atoms in total. The number of amides is 1. The van der Waals surface area contributed by atoms with Crippen LogP contribution in [-0.4, -0.2) is 12.7 Å². The van der Waals surface area contributed by atoms with Crippen molar-refractivity contribution in [2.75, 3.05) is 11.5 Å². The number of carbonyl (C=O) groups is 1. The number of hydrogen-bond acceptors (Lipinski definition) is 3. The van der Waals surface area contributed by atoms with Gasteiger partial charge in [0.15, 0.2) is 0 Å². The lowest BCUT2D eigenvalue weighted by atomic mass is 10.1. The van der Waals surface area contributed by atoms with Gasteiger partial charge in [0.05, 0.1) is 6.04 Å². The Balaban J connectivity index is 1.55. The number of cyclic esters (lactones) is 1. The van der Waals surface area contributed by atoms with Crippen molar-refractivity contribution in [2.24, 2.45) is 0 Å². The van der Waals surface area contributed by atoms with Crippen molar-refractivity contribution in [3.8, 4) is 11.5 Å². The van der Waals surface area contributed by atoms with Crippen LogP contribution < -0.4 is 9.64 Å². The van der Waals surface area contributed by atoms with Crippen molar-refractivity contribution in [1.82, 2.24) is 0 Å². The van der Waals surface area contributed by atoms with E-state index in [1.54, 1.807) is 29.2 Å². The Morgan fingerprint density at radius 3 is 2.15 bits per heavy atom. The fraction of sp³-hybridized carbons (Fsp3) is 0.0952. The molecule has 130 valence electrons. The van der Waals surface area contributed by atoms with Gasteiger partial charge in [-0.05, 0) is 54.1 Å². The smallest absolute Gasteiger partial charge is 0.415 e. The van der Waals surface area contributed by atoms with Crippen molar-refractivity contribution in [1.29, 1.82) is 0 Å². The van der Waals surface area contributed by atoms with Crippen molar-refractivity contribution < 1.29 is 14.3 Å². The van der Waals surface area contributed by atoms with Gasteiger partial charge in [-0.1, -0.05) is 41.9 Å². The van der Waals surface area contributed by atoms with E-state index in [0.29, 0.717) is 23.1 Å². The van der Waals surface area contributed by atoms with Gasteiger partial charge in [-0.2, -0.15) is 0 Å². The Kier molecular flexibility index (Phi) is 4.50. The van der Waals surface area contributed by atoms with E-state index >= 15 is 0 Å². The highest BCUT2D eigenvalue weighted by Gasteiger charge is 2.35. The van der Waals surface area contributed by atoms with Gasteiger partial charge in [-0.3, -0.25) is 4.90 Å². The van der Waals surface area contributed by atoms with Crippen LogP contribution in [0, 0.1) is 0 Å². The summed E-state index contributed by atoms with van der Waals surface area (Å²) in [5.41, 5.74) is 1.81. The van der Waals surface area contributed by atoms with E-state index in [-0.39, 0.29) is 12.1 Å². The lowest BCUT2D eigenvalue weighted by molar-refractivity contribution is 0.179. The largest absolute Gasteiger partial charge is 0.457 e. The number of anilines is 1. The first-order chi connectivity index (χ1) is 12.7. The Morgan fingerprint density at radius 2 is 1.50 bits per heavy atom. The van der Waals surface area contributed by atoms with Crippen LogP contribution in [0.25, 0.3) is 0 Å². The monoisotopic (exact) mass is 365 g/mol. The maximum Gasteiger partial charge on any atom is 0.415 e. The third-order valence-corrected chi connectivity index (χ3v) is 4.47. The lowest BCUT2D eigenvalue weighted by Gasteiger charge is -2.22. The first-order valence-corrected chi connectivity index (χ1v) is 8.63. The van der Waals surface area contributed by atoms with Gasteiger partial charge < -0.3 is 9.47 Å². The molecule has 1 heterocycles. The minimum Gasteiger partial charge on any atom is -0.457 e. The fourth-order valence-electron chi connectivity index (χ4n) is 2.94. The molecule has 1 saturated heterocycles. The van der Waals surface area contributed by atoms with Crippen LogP contribution in [0.1, 0.15) is 11.6 Å². The van der Waals surface area contributed by atoms with E-state index in [1.807, 2.05) is 54.6 Å². The van der Waals surface area contributed by atoms with Crippen LogP contribution >= 0.6 is 11.6 Å². The Morgan fingerprint density at radius 1 is 0.885 bits per heavy atom. The molecule has 1 aliphatic rings. The molecule has 0 aliphatic carbocycles. The quantitative estimate of drug-likeness (QED) is 0.583. The first kappa shape index (κ1) is 16.5. The zero-order valence-corrected chi connectivity index (χ0v) is 14.6. The highest BCUT2D eigenvalue weighted by Crippen LogP contribution is 2.34. The molecule has 1 amide bonds. The van der Waals surface area contributed by atoms with Crippen molar-refractivity contribution in [3.05, 3.63) is 89.4 Å². The second kappa shape index (κ2) is 7.10. The summed E-state index contributed by atoms with van der Waals surface area (Å²) < 4.78 is 11.1. The minimum absolute atomic E-state index is 0.133. The van der Waals surface area contributed by atoms with Gasteiger partial charge in [0, 0.05) is 10.7 Å². The van der Waals surface area contributed by atoms with E-state index in [2.05, 4.69) is 0 Å². The average Bonchev–Trinajstić information content (AvgIpc) is 3.06. The molecule has 0 spiro atoms. The Bertz CT molecular complexity index is 895. The van der Waals surface area contributed by atoms with E-state index in [1.165, 1.54) is 0 Å². The lowest BCUT2D eigenvalue weighted by Crippen LogP contribution is -2.27. The number of carbonyl (C=O) groups excluding carboxylic acids is 1. The molecule has 0 saturated carbocycles. The topological polar surface area (TPSA) is 38.8 Å². The van der Waals surface area contributed by atoms with Crippen LogP contribution in [-0.2, 0) is 4.74 Å². The second-order valence-corrected chi connectivity index (χ2v) is 6.36. The molecular weight excluding hydrogens is 350 g/mol. The fourth-order valence-corrected chi connectivity index (χ4v) is 3.07. The third-order valence-electron chi connectivity index (χ3n) is 4.22. The molecule has 1 aliphatic heterocycles. The summed E-state index contributed by atoms with van der Waals surface area (Å²) in [5, 5.41) is 0.659. The molecule has 5 heteroatoms. The number of halogens is 1. The summed E-state index contributed by atoms with van der Waals surface area (Å²) in [6.07, 6.45) is -0.342. The predicted molar refractivity (Wildman–Crippen MR) is 101 cm³/mol. The van der Waals surface area contributed by atoms with Crippen LogP contribution in [0.15, 0.2) is 78.9 Å². The normalized spacial score (nSPS) is 16.4. The van der Waals surface area contributed by atoms with E-state index in [9.17, 15) is 4.79 Å². The highest BCUT2D eigenvalue weighted by molar-refractivity contribution is 6.30. The van der Waals surface area contributed by atoms with E-state index in [4.69, 9.17) is 21.1 Å². The molecule has 0 aromatic heterocycles. The summed E-state index contributed by atoms with van der Waals surface area (Å²) in [6.45, 7) is 0.339. The molecule has 4 rings (SSSR count). The number of nitrogens with zero attached hydrogens (tertiary/aromatic N) is 1. The van der Waals surface area contributed by atoms with Crippen LogP contribution in [0.4, 0.5) is 10.5 Å². The molecule has 1 atom stereocenters. The second-order valence-electron chi connectivity index (χ2n) is 5.92. The van der Waals surface area contributed by atoms with Gasteiger partial charge in [0.25, 0.3) is 0 Å². The summed E-state index contributed by atoms with van der Waals surface area (Å²) in [6, 6.07) is 24.3. The van der Waals surface area contributed by atoms with Crippen LogP contribution in [0.2, 0.25) is 5.02 Å². The minimum atomic E-state index is -0.342. The van der Waals surface area contributed by atoms with Crippen molar-refractivity contribution >= 4 is 23.4 Å². The van der Waals surface area contributed by atoms with E-state index in [0.717, 1.165) is 11.3 Å². The molecule has 26 heavy (non-hydrogen) atoms. The van der Waals surface area contributed by atoms with Crippen molar-refractivity contribution in [2.45, 2.75) is 6.04 Å². The third kappa shape index (κ3) is 3.37. The van der Waals surface area contributed by atoms with Crippen LogP contribution in [0.5, 0.6) is 11.5 Å². The number of benzene rings is 3. The molecule has 3 aromatic rings. The molecular formula is C21H16ClNO3. The maximum absolute atomic E-state index is 12.2. The standard InChI is InChI=1S/C21H16ClNO3/c22-16-6-10-18(11-7-16)26-19-12-8-17(9-13-19)23-20(14-25-21(23)24)15-4-2-1-3-5-15/h1-13,20H,14H2/t20-/m1/s1. The molecule has 0 radical (unpaired) electrons. The molecule has 1 fully saturated rings. The first-order valence-electron chi connectivity index (χ1n) is 8.25. The summed E-state index contributed by atoms with van der Waals surface area (Å²) in [7, 11) is 0. The number of rotatable bonds is 4. The average molecular weight is 366 g/mol. The SMILES string of the molecule is O=C1OC[C@H](c2ccccc2)N1c1ccc(Oc2ccc(Cl)cc2)cc1. The van der Waals surface area contributed by atoms with Crippen molar-refractivity contribution in [3.63, 3.8) is 0 Å². The predicted octanol–water partition coefficient (Wildman–Crippen LogP) is 5.83. The summed E-state index contributed by atoms with van der Waals surface area (Å²) in [4.78, 5) is 13.9. The summed E-state index contributed by atoms with van der Waals surface area (Å²) in [5.74, 6) is 1.38. The Hall–Kier alpha value is -2.98. The van der Waals surface area contributed by atoms with E-state index < -0.39 is 0 Å². The Labute approximate surface area is 156 Å². The molecule has 0 bridgehead atoms. The highest BCUT2D eigenvalue weighted by atomic mass is 35.5. The van der Waals surface area contributed by atoms with Gasteiger partial charge in [0.1, 0.15) is 18.1 Å². The van der Waals surface area contributed by atoms with Gasteiger partial charge in [-0.25, -0.2) is 4.79 Å². The summed E-state index contributed by atoms with van der Waals surface area (Å²) >= 11 is 5.88. The molecule has 0 unspecified atom stereocenters. The number of hydrogen-bond donors (Lipinski definition) is 0. The van der Waals surface area contributed by atoms with Gasteiger partial charge in [0.2, 0.25) is 0 Å². The molecule has 0 N–H and O–H groups in total. The van der Waals surface area contributed by atoms with Gasteiger partial charge >= 0.3 is 6.09 Å². The zero-order valence-electron chi connectivity index (χ0n) is 13.8. The number of ether oxygens (including phenoxy) is 2. The van der Waals surface area contributed by atoms with Crippen LogP contribution in [0.3, 0.4) is 0 Å². The molecule has 3 aromatic carbocycles. The van der Waals surface area contributed by atoms with Gasteiger partial charge in [-0.15, -0.1) is 0 Å². The maximum atomic E-state index is 12.2. The zero-order chi connectivity index (χ0) is 17.9.